The SMILES string of the molecule is COCC(O)CCc1ccc(OC)cc1F. The van der Waals surface area contributed by atoms with Crippen LogP contribution in [0.3, 0.4) is 0 Å². The molecule has 1 rings (SSSR count). The second kappa shape index (κ2) is 6.45. The van der Waals surface area contributed by atoms with E-state index in [4.69, 9.17) is 9.47 Å². The van der Waals surface area contributed by atoms with E-state index in [9.17, 15) is 9.50 Å². The lowest BCUT2D eigenvalue weighted by atomic mass is 10.1. The molecular weight excluding hydrogens is 211 g/mol. The number of benzene rings is 1. The third kappa shape index (κ3) is 3.79. The minimum Gasteiger partial charge on any atom is -0.497 e. The van der Waals surface area contributed by atoms with Crippen LogP contribution in [0.4, 0.5) is 4.39 Å². The molecule has 0 aliphatic carbocycles. The van der Waals surface area contributed by atoms with E-state index < -0.39 is 6.10 Å². The fraction of sp³-hybridized carbons (Fsp3) is 0.500. The Bertz CT molecular complexity index is 328. The number of halogens is 1. The highest BCUT2D eigenvalue weighted by Gasteiger charge is 2.08. The van der Waals surface area contributed by atoms with Gasteiger partial charge in [0.05, 0.1) is 19.8 Å². The van der Waals surface area contributed by atoms with Crippen LogP contribution in [-0.2, 0) is 11.2 Å². The van der Waals surface area contributed by atoms with Gasteiger partial charge in [-0.15, -0.1) is 0 Å². The van der Waals surface area contributed by atoms with E-state index in [1.165, 1.54) is 20.3 Å². The Morgan fingerprint density at radius 2 is 2.12 bits per heavy atom. The maximum absolute atomic E-state index is 13.5. The van der Waals surface area contributed by atoms with Crippen LogP contribution in [-0.4, -0.2) is 32.0 Å². The summed E-state index contributed by atoms with van der Waals surface area (Å²) in [4.78, 5) is 0. The van der Waals surface area contributed by atoms with Crippen molar-refractivity contribution < 1.29 is 19.0 Å². The second-order valence-electron chi connectivity index (χ2n) is 3.61. The number of methoxy groups -OCH3 is 2. The summed E-state index contributed by atoms with van der Waals surface area (Å²) in [7, 11) is 3.02. The van der Waals surface area contributed by atoms with E-state index in [-0.39, 0.29) is 12.4 Å². The van der Waals surface area contributed by atoms with Gasteiger partial charge in [-0.1, -0.05) is 6.07 Å². The first-order valence-electron chi connectivity index (χ1n) is 5.16. The van der Waals surface area contributed by atoms with E-state index in [1.54, 1.807) is 12.1 Å². The quantitative estimate of drug-likeness (QED) is 0.806. The Kier molecular flexibility index (Phi) is 5.22. The maximum Gasteiger partial charge on any atom is 0.130 e. The van der Waals surface area contributed by atoms with Gasteiger partial charge in [0.2, 0.25) is 0 Å². The number of aliphatic hydroxyl groups excluding tert-OH is 1. The van der Waals surface area contributed by atoms with Crippen LogP contribution in [0.5, 0.6) is 5.75 Å². The number of hydrogen-bond acceptors (Lipinski definition) is 3. The van der Waals surface area contributed by atoms with Crippen molar-refractivity contribution in [2.75, 3.05) is 20.8 Å². The first kappa shape index (κ1) is 12.9. The molecule has 1 aromatic carbocycles. The molecule has 4 heteroatoms. The molecule has 0 amide bonds. The summed E-state index contributed by atoms with van der Waals surface area (Å²) in [6.07, 6.45) is 0.420. The van der Waals surface area contributed by atoms with Crippen LogP contribution in [0.1, 0.15) is 12.0 Å². The Morgan fingerprint density at radius 1 is 1.38 bits per heavy atom. The molecule has 16 heavy (non-hydrogen) atoms. The Hall–Kier alpha value is -1.13. The van der Waals surface area contributed by atoms with Crippen LogP contribution in [0.2, 0.25) is 0 Å². The zero-order valence-electron chi connectivity index (χ0n) is 9.57. The summed E-state index contributed by atoms with van der Waals surface area (Å²) in [5.41, 5.74) is 0.580. The van der Waals surface area contributed by atoms with E-state index in [0.717, 1.165) is 0 Å². The highest BCUT2D eigenvalue weighted by atomic mass is 19.1. The molecule has 0 spiro atoms. The second-order valence-corrected chi connectivity index (χ2v) is 3.61. The summed E-state index contributed by atoms with van der Waals surface area (Å²) < 4.78 is 23.2. The standard InChI is InChI=1S/C12H17FO3/c1-15-8-10(14)5-3-9-4-6-11(16-2)7-12(9)13/h4,6-7,10,14H,3,5,8H2,1-2H3. The number of aliphatic hydroxyl groups is 1. The molecule has 0 saturated carbocycles. The van der Waals surface area contributed by atoms with Gasteiger partial charge in [0, 0.05) is 13.2 Å². The fourth-order valence-electron chi connectivity index (χ4n) is 1.46. The Balaban J connectivity index is 2.54. The number of hydrogen-bond donors (Lipinski definition) is 1. The predicted molar refractivity (Wildman–Crippen MR) is 59.2 cm³/mol. The van der Waals surface area contributed by atoms with Crippen molar-refractivity contribution in [1.29, 1.82) is 0 Å². The van der Waals surface area contributed by atoms with Crippen molar-refractivity contribution in [3.63, 3.8) is 0 Å². The van der Waals surface area contributed by atoms with Gasteiger partial charge in [-0.25, -0.2) is 4.39 Å². The molecule has 0 aromatic heterocycles. The molecule has 0 aliphatic heterocycles. The van der Waals surface area contributed by atoms with Gasteiger partial charge in [-0.3, -0.25) is 0 Å². The summed E-state index contributed by atoms with van der Waals surface area (Å²) in [6, 6.07) is 4.73. The lowest BCUT2D eigenvalue weighted by Crippen LogP contribution is -2.15. The average molecular weight is 228 g/mol. The van der Waals surface area contributed by atoms with Crippen LogP contribution in [0.15, 0.2) is 18.2 Å². The molecule has 1 atom stereocenters. The molecule has 3 nitrogen and oxygen atoms in total. The molecule has 1 N–H and O–H groups in total. The first-order valence-corrected chi connectivity index (χ1v) is 5.16. The van der Waals surface area contributed by atoms with Crippen LogP contribution < -0.4 is 4.74 Å². The molecule has 90 valence electrons. The molecule has 0 aliphatic rings. The lowest BCUT2D eigenvalue weighted by molar-refractivity contribution is 0.0594. The number of ether oxygens (including phenoxy) is 2. The van der Waals surface area contributed by atoms with E-state index in [2.05, 4.69) is 0 Å². The van der Waals surface area contributed by atoms with Gasteiger partial charge in [0.1, 0.15) is 11.6 Å². The van der Waals surface area contributed by atoms with Crippen molar-refractivity contribution in [3.8, 4) is 5.75 Å². The molecule has 0 bridgehead atoms. The summed E-state index contributed by atoms with van der Waals surface area (Å²) in [6.45, 7) is 0.276. The topological polar surface area (TPSA) is 38.7 Å². The van der Waals surface area contributed by atoms with Crippen LogP contribution in [0, 0.1) is 5.82 Å². The third-order valence-corrected chi connectivity index (χ3v) is 2.37. The highest BCUT2D eigenvalue weighted by molar-refractivity contribution is 5.28. The Morgan fingerprint density at radius 3 is 2.69 bits per heavy atom. The van der Waals surface area contributed by atoms with Crippen molar-refractivity contribution in [2.24, 2.45) is 0 Å². The molecular formula is C12H17FO3. The smallest absolute Gasteiger partial charge is 0.130 e. The molecule has 0 heterocycles. The molecule has 0 radical (unpaired) electrons. The fourth-order valence-corrected chi connectivity index (χ4v) is 1.46. The largest absolute Gasteiger partial charge is 0.497 e. The molecule has 1 aromatic rings. The normalized spacial score (nSPS) is 12.5. The highest BCUT2D eigenvalue weighted by Crippen LogP contribution is 2.17. The zero-order valence-corrected chi connectivity index (χ0v) is 9.57. The minimum atomic E-state index is -0.550. The van der Waals surface area contributed by atoms with Gasteiger partial charge in [0.25, 0.3) is 0 Å². The summed E-state index contributed by atoms with van der Waals surface area (Å²) >= 11 is 0. The van der Waals surface area contributed by atoms with Crippen LogP contribution >= 0.6 is 0 Å². The van der Waals surface area contributed by atoms with Crippen molar-refractivity contribution in [1.82, 2.24) is 0 Å². The lowest BCUT2D eigenvalue weighted by Gasteiger charge is -2.10. The Labute approximate surface area is 94.8 Å². The van der Waals surface area contributed by atoms with Gasteiger partial charge >= 0.3 is 0 Å². The maximum atomic E-state index is 13.5. The summed E-state index contributed by atoms with van der Waals surface area (Å²) in [5, 5.41) is 9.43. The van der Waals surface area contributed by atoms with Crippen molar-refractivity contribution in [3.05, 3.63) is 29.6 Å². The monoisotopic (exact) mass is 228 g/mol. The molecule has 0 fully saturated rings. The number of aryl methyl sites for hydroxylation is 1. The van der Waals surface area contributed by atoms with Gasteiger partial charge < -0.3 is 14.6 Å². The minimum absolute atomic E-state index is 0.276. The first-order chi connectivity index (χ1) is 7.67. The van der Waals surface area contributed by atoms with E-state index in [0.29, 0.717) is 24.2 Å². The molecule has 1 unspecified atom stereocenters. The summed E-state index contributed by atoms with van der Waals surface area (Å²) in [5.74, 6) is 0.197. The zero-order chi connectivity index (χ0) is 12.0. The van der Waals surface area contributed by atoms with Crippen LogP contribution in [0.25, 0.3) is 0 Å². The van der Waals surface area contributed by atoms with Gasteiger partial charge in [-0.2, -0.15) is 0 Å². The van der Waals surface area contributed by atoms with E-state index >= 15 is 0 Å². The van der Waals surface area contributed by atoms with E-state index in [1.807, 2.05) is 0 Å². The third-order valence-electron chi connectivity index (χ3n) is 2.37. The number of rotatable bonds is 6. The van der Waals surface area contributed by atoms with Crippen molar-refractivity contribution in [2.45, 2.75) is 18.9 Å². The molecule has 0 saturated heterocycles. The average Bonchev–Trinajstić information content (AvgIpc) is 2.27. The van der Waals surface area contributed by atoms with Crippen molar-refractivity contribution >= 4 is 0 Å². The van der Waals surface area contributed by atoms with Gasteiger partial charge in [-0.05, 0) is 24.5 Å². The van der Waals surface area contributed by atoms with Gasteiger partial charge in [0.15, 0.2) is 0 Å². The predicted octanol–water partition coefficient (Wildman–Crippen LogP) is 1.77.